The van der Waals surface area contributed by atoms with E-state index in [1.807, 2.05) is 0 Å². The Morgan fingerprint density at radius 1 is 1.00 bits per heavy atom. The number of nitrogens with zero attached hydrogens (tertiary/aromatic N) is 1. The summed E-state index contributed by atoms with van der Waals surface area (Å²) in [6.07, 6.45) is 4.06. The van der Waals surface area contributed by atoms with Crippen molar-refractivity contribution in [3.8, 4) is 0 Å². The Morgan fingerprint density at radius 3 is 2.22 bits per heavy atom. The number of halogens is 1. The van der Waals surface area contributed by atoms with Gasteiger partial charge in [0.15, 0.2) is 0 Å². The van der Waals surface area contributed by atoms with Crippen LogP contribution in [-0.2, 0) is 4.79 Å². The number of carboxylic acid groups (broad SMARTS) is 1. The highest BCUT2D eigenvalue weighted by Gasteiger charge is 2.02. The van der Waals surface area contributed by atoms with Crippen molar-refractivity contribution in [2.24, 2.45) is 5.10 Å². The first kappa shape index (κ1) is 16.5. The molecule has 23 heavy (non-hydrogen) atoms. The molecule has 0 aliphatic heterocycles. The standard InChI is InChI=1S/C17H13ClN2O3/c18-15-8-6-14(7-9-15)17(23)20-19-11-13-3-1-12(2-4-13)5-10-16(21)22/h1-11H,(H,20,23)(H,21,22)/b10-5+,19-11+. The summed E-state index contributed by atoms with van der Waals surface area (Å²) in [5.74, 6) is -1.33. The lowest BCUT2D eigenvalue weighted by Gasteiger charge is -2.00. The number of benzene rings is 2. The number of rotatable bonds is 5. The van der Waals surface area contributed by atoms with E-state index in [0.717, 1.165) is 17.2 Å². The lowest BCUT2D eigenvalue weighted by Crippen LogP contribution is -2.17. The van der Waals surface area contributed by atoms with Gasteiger partial charge in [-0.3, -0.25) is 4.79 Å². The predicted octanol–water partition coefficient (Wildman–Crippen LogP) is 3.20. The lowest BCUT2D eigenvalue weighted by molar-refractivity contribution is -0.131. The summed E-state index contributed by atoms with van der Waals surface area (Å²) in [5.41, 5.74) is 4.41. The van der Waals surface area contributed by atoms with Crippen LogP contribution in [0.2, 0.25) is 5.02 Å². The Labute approximate surface area is 137 Å². The van der Waals surface area contributed by atoms with Crippen LogP contribution in [0.15, 0.2) is 59.7 Å². The third-order valence-electron chi connectivity index (χ3n) is 2.84. The molecule has 0 heterocycles. The van der Waals surface area contributed by atoms with E-state index in [2.05, 4.69) is 10.5 Å². The number of amides is 1. The van der Waals surface area contributed by atoms with Gasteiger partial charge in [-0.05, 0) is 41.5 Å². The average Bonchev–Trinajstić information content (AvgIpc) is 2.54. The quantitative estimate of drug-likeness (QED) is 0.502. The van der Waals surface area contributed by atoms with Crippen LogP contribution in [0.5, 0.6) is 0 Å². The molecular weight excluding hydrogens is 316 g/mol. The van der Waals surface area contributed by atoms with Gasteiger partial charge in [0.2, 0.25) is 0 Å². The third-order valence-corrected chi connectivity index (χ3v) is 3.09. The summed E-state index contributed by atoms with van der Waals surface area (Å²) in [6, 6.07) is 13.5. The first-order valence-electron chi connectivity index (χ1n) is 6.64. The molecule has 6 heteroatoms. The van der Waals surface area contributed by atoms with Gasteiger partial charge in [-0.1, -0.05) is 35.9 Å². The van der Waals surface area contributed by atoms with Gasteiger partial charge in [-0.25, -0.2) is 10.2 Å². The number of hydrogen-bond acceptors (Lipinski definition) is 3. The van der Waals surface area contributed by atoms with Crippen LogP contribution in [0.25, 0.3) is 6.08 Å². The van der Waals surface area contributed by atoms with Crippen molar-refractivity contribution < 1.29 is 14.7 Å². The zero-order valence-electron chi connectivity index (χ0n) is 11.9. The van der Waals surface area contributed by atoms with Crippen molar-refractivity contribution in [2.75, 3.05) is 0 Å². The Kier molecular flexibility index (Phi) is 5.66. The normalized spacial score (nSPS) is 11.0. The molecule has 2 N–H and O–H groups in total. The summed E-state index contributed by atoms with van der Waals surface area (Å²) < 4.78 is 0. The van der Waals surface area contributed by atoms with Crippen LogP contribution in [-0.4, -0.2) is 23.2 Å². The smallest absolute Gasteiger partial charge is 0.328 e. The Bertz CT molecular complexity index is 750. The number of hydrazone groups is 1. The topological polar surface area (TPSA) is 78.8 Å². The van der Waals surface area contributed by atoms with Crippen molar-refractivity contribution in [3.05, 3.63) is 76.3 Å². The van der Waals surface area contributed by atoms with Gasteiger partial charge in [0.05, 0.1) is 6.21 Å². The number of carboxylic acids is 1. The van der Waals surface area contributed by atoms with Crippen LogP contribution in [0.1, 0.15) is 21.5 Å². The van der Waals surface area contributed by atoms with Crippen LogP contribution in [0.3, 0.4) is 0 Å². The van der Waals surface area contributed by atoms with E-state index in [-0.39, 0.29) is 5.91 Å². The van der Waals surface area contributed by atoms with Gasteiger partial charge in [0.1, 0.15) is 0 Å². The highest BCUT2D eigenvalue weighted by molar-refractivity contribution is 6.30. The van der Waals surface area contributed by atoms with Crippen molar-refractivity contribution in [1.29, 1.82) is 0 Å². The minimum atomic E-state index is -0.999. The molecule has 0 unspecified atom stereocenters. The van der Waals surface area contributed by atoms with Gasteiger partial charge in [0.25, 0.3) is 5.91 Å². The molecule has 0 atom stereocenters. The highest BCUT2D eigenvalue weighted by atomic mass is 35.5. The molecule has 0 bridgehead atoms. The van der Waals surface area contributed by atoms with E-state index in [9.17, 15) is 9.59 Å². The molecule has 0 saturated heterocycles. The second-order valence-corrected chi connectivity index (χ2v) is 4.98. The van der Waals surface area contributed by atoms with Gasteiger partial charge in [0, 0.05) is 16.7 Å². The molecule has 1 amide bonds. The van der Waals surface area contributed by atoms with E-state index in [0.29, 0.717) is 10.6 Å². The summed E-state index contributed by atoms with van der Waals surface area (Å²) in [5, 5.41) is 13.0. The number of hydrogen-bond donors (Lipinski definition) is 2. The van der Waals surface area contributed by atoms with Crippen LogP contribution in [0, 0.1) is 0 Å². The van der Waals surface area contributed by atoms with E-state index in [4.69, 9.17) is 16.7 Å². The Morgan fingerprint density at radius 2 is 1.61 bits per heavy atom. The predicted molar refractivity (Wildman–Crippen MR) is 89.6 cm³/mol. The Balaban J connectivity index is 1.93. The first-order valence-corrected chi connectivity index (χ1v) is 7.02. The minimum absolute atomic E-state index is 0.334. The molecule has 0 aliphatic rings. The summed E-state index contributed by atoms with van der Waals surface area (Å²) in [7, 11) is 0. The van der Waals surface area contributed by atoms with E-state index >= 15 is 0 Å². The maximum atomic E-state index is 11.8. The fourth-order valence-electron chi connectivity index (χ4n) is 1.69. The number of aliphatic carboxylic acids is 1. The molecule has 2 aromatic carbocycles. The van der Waals surface area contributed by atoms with Crippen molar-refractivity contribution in [1.82, 2.24) is 5.43 Å². The van der Waals surface area contributed by atoms with Crippen molar-refractivity contribution >= 4 is 35.8 Å². The highest BCUT2D eigenvalue weighted by Crippen LogP contribution is 2.09. The molecular formula is C17H13ClN2O3. The molecule has 0 radical (unpaired) electrons. The summed E-state index contributed by atoms with van der Waals surface area (Å²) in [4.78, 5) is 22.2. The number of nitrogens with one attached hydrogen (secondary N) is 1. The van der Waals surface area contributed by atoms with Crippen molar-refractivity contribution in [3.63, 3.8) is 0 Å². The SMILES string of the molecule is O=C(O)/C=C/c1ccc(/C=N/NC(=O)c2ccc(Cl)cc2)cc1. The number of carbonyl (C=O) groups excluding carboxylic acids is 1. The van der Waals surface area contributed by atoms with Crippen LogP contribution >= 0.6 is 11.6 Å². The molecule has 2 aromatic rings. The monoisotopic (exact) mass is 328 g/mol. The zero-order valence-corrected chi connectivity index (χ0v) is 12.7. The fraction of sp³-hybridized carbons (Fsp3) is 0. The molecule has 116 valence electrons. The first-order chi connectivity index (χ1) is 11.0. The van der Waals surface area contributed by atoms with Gasteiger partial charge < -0.3 is 5.11 Å². The number of carbonyl (C=O) groups is 2. The van der Waals surface area contributed by atoms with E-state index in [1.165, 1.54) is 12.3 Å². The second-order valence-electron chi connectivity index (χ2n) is 4.54. The maximum absolute atomic E-state index is 11.8. The van der Waals surface area contributed by atoms with Crippen molar-refractivity contribution in [2.45, 2.75) is 0 Å². The zero-order chi connectivity index (χ0) is 16.7. The van der Waals surface area contributed by atoms with Gasteiger partial charge in [-0.15, -0.1) is 0 Å². The average molecular weight is 329 g/mol. The van der Waals surface area contributed by atoms with E-state index < -0.39 is 5.97 Å². The molecule has 0 aliphatic carbocycles. The third kappa shape index (κ3) is 5.41. The van der Waals surface area contributed by atoms with Crippen LogP contribution < -0.4 is 5.43 Å². The van der Waals surface area contributed by atoms with Crippen LogP contribution in [0.4, 0.5) is 0 Å². The largest absolute Gasteiger partial charge is 0.478 e. The molecule has 2 rings (SSSR count). The maximum Gasteiger partial charge on any atom is 0.328 e. The summed E-state index contributed by atoms with van der Waals surface area (Å²) in [6.45, 7) is 0. The van der Waals surface area contributed by atoms with E-state index in [1.54, 1.807) is 48.5 Å². The molecule has 0 aromatic heterocycles. The minimum Gasteiger partial charge on any atom is -0.478 e. The summed E-state index contributed by atoms with van der Waals surface area (Å²) >= 11 is 5.75. The Hall–Kier alpha value is -2.92. The molecule has 0 spiro atoms. The second kappa shape index (κ2) is 7.91. The molecule has 5 nitrogen and oxygen atoms in total. The molecule has 0 fully saturated rings. The van der Waals surface area contributed by atoms with Gasteiger partial charge in [-0.2, -0.15) is 5.10 Å². The van der Waals surface area contributed by atoms with Gasteiger partial charge >= 0.3 is 5.97 Å². The lowest BCUT2D eigenvalue weighted by atomic mass is 10.1. The molecule has 0 saturated carbocycles. The fourth-order valence-corrected chi connectivity index (χ4v) is 1.82.